The molecule has 0 bridgehead atoms. The van der Waals surface area contributed by atoms with Crippen molar-refractivity contribution in [2.24, 2.45) is 16.8 Å². The van der Waals surface area contributed by atoms with Crippen LogP contribution in [0.5, 0.6) is 0 Å². The van der Waals surface area contributed by atoms with Crippen LogP contribution in [0.1, 0.15) is 46.0 Å². The number of guanidine groups is 1. The highest BCUT2D eigenvalue weighted by molar-refractivity contribution is 5.85. The van der Waals surface area contributed by atoms with Gasteiger partial charge in [-0.25, -0.2) is 4.99 Å². The van der Waals surface area contributed by atoms with Crippen molar-refractivity contribution >= 4 is 17.8 Å². The van der Waals surface area contributed by atoms with E-state index >= 15 is 0 Å². The number of nitrogens with one attached hydrogen (secondary N) is 2. The number of likely N-dealkylation sites (tertiary alicyclic amines) is 1. The predicted molar refractivity (Wildman–Crippen MR) is 104 cm³/mol. The molecule has 1 aliphatic carbocycles. The van der Waals surface area contributed by atoms with E-state index in [-0.39, 0.29) is 24.4 Å². The molecule has 2 N–H and O–H groups in total. The molecule has 2 fully saturated rings. The minimum atomic E-state index is -0.0277. The maximum Gasteiger partial charge on any atom is 0.243 e. The number of likely N-dealkylation sites (N-methyl/N-ethyl adjacent to an activating group) is 1. The van der Waals surface area contributed by atoms with E-state index in [1.54, 1.807) is 19.0 Å². The lowest BCUT2D eigenvalue weighted by molar-refractivity contribution is -0.134. The Morgan fingerprint density at radius 3 is 2.50 bits per heavy atom. The lowest BCUT2D eigenvalue weighted by Crippen LogP contribution is -2.46. The van der Waals surface area contributed by atoms with Crippen molar-refractivity contribution in [1.82, 2.24) is 20.4 Å². The molecular formula is C19H35N5O2. The van der Waals surface area contributed by atoms with Crippen LogP contribution >= 0.6 is 0 Å². The van der Waals surface area contributed by atoms with Crippen LogP contribution in [0.4, 0.5) is 0 Å². The first-order valence-corrected chi connectivity index (χ1v) is 9.90. The summed E-state index contributed by atoms with van der Waals surface area (Å²) in [7, 11) is 3.46. The summed E-state index contributed by atoms with van der Waals surface area (Å²) in [6.45, 7) is 6.71. The third-order valence-electron chi connectivity index (χ3n) is 5.09. The first-order chi connectivity index (χ1) is 12.4. The van der Waals surface area contributed by atoms with Gasteiger partial charge in [0.25, 0.3) is 0 Å². The number of hydrogen-bond acceptors (Lipinski definition) is 3. The van der Waals surface area contributed by atoms with Gasteiger partial charge in [0.05, 0.1) is 0 Å². The summed E-state index contributed by atoms with van der Waals surface area (Å²) < 4.78 is 0. The Morgan fingerprint density at radius 2 is 1.88 bits per heavy atom. The van der Waals surface area contributed by atoms with Crippen LogP contribution in [0, 0.1) is 11.8 Å². The molecule has 1 saturated heterocycles. The molecule has 2 rings (SSSR count). The Hall–Kier alpha value is -1.79. The van der Waals surface area contributed by atoms with E-state index in [0.29, 0.717) is 17.8 Å². The second-order valence-corrected chi connectivity index (χ2v) is 8.12. The van der Waals surface area contributed by atoms with Gasteiger partial charge in [-0.05, 0) is 25.2 Å². The minimum absolute atomic E-state index is 0.0277. The highest BCUT2D eigenvalue weighted by atomic mass is 16.2. The van der Waals surface area contributed by atoms with Crippen molar-refractivity contribution in [3.63, 3.8) is 0 Å². The zero-order valence-corrected chi connectivity index (χ0v) is 16.8. The van der Waals surface area contributed by atoms with Crippen molar-refractivity contribution in [1.29, 1.82) is 0 Å². The van der Waals surface area contributed by atoms with Gasteiger partial charge in [0.1, 0.15) is 6.54 Å². The second-order valence-electron chi connectivity index (χ2n) is 8.12. The molecule has 1 unspecified atom stereocenters. The number of rotatable bonds is 6. The van der Waals surface area contributed by atoms with Crippen molar-refractivity contribution in [3.8, 4) is 0 Å². The average molecular weight is 366 g/mol. The zero-order valence-electron chi connectivity index (χ0n) is 16.8. The Bertz CT molecular complexity index is 512. The Balaban J connectivity index is 1.89. The molecule has 1 atom stereocenters. The fourth-order valence-corrected chi connectivity index (χ4v) is 3.44. The summed E-state index contributed by atoms with van der Waals surface area (Å²) in [5.74, 6) is 1.67. The predicted octanol–water partition coefficient (Wildman–Crippen LogP) is 1.06. The van der Waals surface area contributed by atoms with Crippen LogP contribution in [-0.4, -0.2) is 73.9 Å². The second kappa shape index (κ2) is 9.78. The van der Waals surface area contributed by atoms with E-state index < -0.39 is 0 Å². The Morgan fingerprint density at radius 1 is 1.19 bits per heavy atom. The summed E-state index contributed by atoms with van der Waals surface area (Å²) in [5, 5.41) is 6.72. The molecule has 26 heavy (non-hydrogen) atoms. The van der Waals surface area contributed by atoms with E-state index in [4.69, 9.17) is 0 Å². The molecule has 0 aromatic rings. The third-order valence-corrected chi connectivity index (χ3v) is 5.09. The first-order valence-electron chi connectivity index (χ1n) is 9.90. The van der Waals surface area contributed by atoms with Gasteiger partial charge in [-0.2, -0.15) is 0 Å². The maximum absolute atomic E-state index is 12.6. The summed E-state index contributed by atoms with van der Waals surface area (Å²) in [6, 6.07) is 0.188. The quantitative estimate of drug-likeness (QED) is 0.545. The molecule has 2 aliphatic rings. The molecule has 148 valence electrons. The largest absolute Gasteiger partial charge is 0.356 e. The summed E-state index contributed by atoms with van der Waals surface area (Å²) in [4.78, 5) is 32.4. The molecular weight excluding hydrogens is 330 g/mol. The molecule has 1 heterocycles. The number of nitrogens with zero attached hydrogens (tertiary/aromatic N) is 3. The topological polar surface area (TPSA) is 77.0 Å². The molecule has 7 heteroatoms. The van der Waals surface area contributed by atoms with Gasteiger partial charge in [-0.1, -0.05) is 26.7 Å². The number of hydrogen-bond donors (Lipinski definition) is 2. The van der Waals surface area contributed by atoms with Crippen LogP contribution < -0.4 is 10.6 Å². The Kier molecular flexibility index (Phi) is 7.72. The minimum Gasteiger partial charge on any atom is -0.356 e. The number of carbonyl (C=O) groups excluding carboxylic acids is 2. The third kappa shape index (κ3) is 6.18. The summed E-state index contributed by atoms with van der Waals surface area (Å²) >= 11 is 0. The SMILES string of the molecule is CC(C)CNC(=NCC(=O)N(C)C)NC1CCN(C(=O)C2CCCC2)C1. The fourth-order valence-electron chi connectivity index (χ4n) is 3.44. The van der Waals surface area contributed by atoms with Crippen LogP contribution in [0.25, 0.3) is 0 Å². The van der Waals surface area contributed by atoms with E-state index in [2.05, 4.69) is 29.5 Å². The smallest absolute Gasteiger partial charge is 0.243 e. The van der Waals surface area contributed by atoms with Gasteiger partial charge >= 0.3 is 0 Å². The van der Waals surface area contributed by atoms with E-state index in [1.807, 2.05) is 4.90 Å². The number of amides is 2. The maximum atomic E-state index is 12.6. The molecule has 1 aliphatic heterocycles. The van der Waals surface area contributed by atoms with Gasteiger partial charge in [-0.15, -0.1) is 0 Å². The van der Waals surface area contributed by atoms with Crippen LogP contribution in [0.2, 0.25) is 0 Å². The van der Waals surface area contributed by atoms with Gasteiger partial charge in [0.2, 0.25) is 11.8 Å². The van der Waals surface area contributed by atoms with Crippen molar-refractivity contribution in [2.75, 3.05) is 40.3 Å². The highest BCUT2D eigenvalue weighted by Gasteiger charge is 2.32. The number of carbonyl (C=O) groups is 2. The molecule has 0 aromatic carbocycles. The normalized spacial score (nSPS) is 21.3. The highest BCUT2D eigenvalue weighted by Crippen LogP contribution is 2.27. The molecule has 2 amide bonds. The number of aliphatic imine (C=N–C) groups is 1. The molecule has 0 aromatic heterocycles. The summed E-state index contributed by atoms with van der Waals surface area (Å²) in [5.41, 5.74) is 0. The van der Waals surface area contributed by atoms with Crippen molar-refractivity contribution < 1.29 is 9.59 Å². The standard InChI is InChI=1S/C19H35N5O2/c1-14(2)11-20-19(21-12-17(25)23(3)4)22-16-9-10-24(13-16)18(26)15-7-5-6-8-15/h14-16H,5-13H2,1-4H3,(H2,20,21,22). The fraction of sp³-hybridized carbons (Fsp3) is 0.842. The van der Waals surface area contributed by atoms with Gasteiger partial charge in [-0.3, -0.25) is 9.59 Å². The van der Waals surface area contributed by atoms with E-state index in [0.717, 1.165) is 38.9 Å². The van der Waals surface area contributed by atoms with Gasteiger partial charge in [0, 0.05) is 45.7 Å². The van der Waals surface area contributed by atoms with Gasteiger partial charge < -0.3 is 20.4 Å². The Labute approximate surface area is 157 Å². The van der Waals surface area contributed by atoms with E-state index in [1.165, 1.54) is 12.8 Å². The molecule has 7 nitrogen and oxygen atoms in total. The molecule has 0 spiro atoms. The van der Waals surface area contributed by atoms with Crippen LogP contribution in [0.3, 0.4) is 0 Å². The molecule has 1 saturated carbocycles. The van der Waals surface area contributed by atoms with E-state index in [9.17, 15) is 9.59 Å². The zero-order chi connectivity index (χ0) is 19.1. The van der Waals surface area contributed by atoms with Gasteiger partial charge in [0.15, 0.2) is 5.96 Å². The lowest BCUT2D eigenvalue weighted by Gasteiger charge is -2.22. The van der Waals surface area contributed by atoms with Crippen molar-refractivity contribution in [2.45, 2.75) is 52.0 Å². The lowest BCUT2D eigenvalue weighted by atomic mass is 10.1. The van der Waals surface area contributed by atoms with Crippen LogP contribution in [0.15, 0.2) is 4.99 Å². The average Bonchev–Trinajstić information content (AvgIpc) is 3.27. The first kappa shape index (κ1) is 20.5. The monoisotopic (exact) mass is 365 g/mol. The van der Waals surface area contributed by atoms with Crippen LogP contribution in [-0.2, 0) is 9.59 Å². The molecule has 0 radical (unpaired) electrons. The summed E-state index contributed by atoms with van der Waals surface area (Å²) in [6.07, 6.45) is 5.37. The van der Waals surface area contributed by atoms with Crippen molar-refractivity contribution in [3.05, 3.63) is 0 Å².